The van der Waals surface area contributed by atoms with Crippen molar-refractivity contribution in [1.82, 2.24) is 0 Å². The van der Waals surface area contributed by atoms with Gasteiger partial charge in [-0.1, -0.05) is 58.9 Å². The minimum Gasteiger partial charge on any atom is -0.507 e. The normalized spacial score (nSPS) is 44.6. The molecule has 0 radical (unpaired) electrons. The third-order valence-electron chi connectivity index (χ3n) is 14.7. The van der Waals surface area contributed by atoms with Crippen LogP contribution in [0.25, 0.3) is 5.57 Å². The van der Waals surface area contributed by atoms with Gasteiger partial charge in [0.25, 0.3) is 0 Å². The SMILES string of the molecule is C=C(C)[C@@H]1CC[C@]2(CO)CC[C@]3(C)[C@H](CC[C@@H]4[C@@]5(C)CC=C(c6ccc(C(=O)O)c(O)c6)C(C)(C)[C@@H]5CC[C@]43C)[C@@H]12. The number of phenols is 1. The highest BCUT2D eigenvalue weighted by atomic mass is 16.4. The first kappa shape index (κ1) is 29.0. The molecule has 1 aromatic carbocycles. The Morgan fingerprint density at radius 3 is 2.32 bits per heavy atom. The quantitative estimate of drug-likeness (QED) is 0.322. The van der Waals surface area contributed by atoms with Gasteiger partial charge >= 0.3 is 5.97 Å². The molecule has 9 atom stereocenters. The molecule has 4 saturated carbocycles. The van der Waals surface area contributed by atoms with Crippen LogP contribution in [0.1, 0.15) is 115 Å². The second kappa shape index (κ2) is 9.21. The molecule has 5 aliphatic rings. The molecule has 0 unspecified atom stereocenters. The van der Waals surface area contributed by atoms with E-state index in [1.165, 1.54) is 49.7 Å². The van der Waals surface area contributed by atoms with E-state index in [1.807, 2.05) is 6.07 Å². The van der Waals surface area contributed by atoms with Gasteiger partial charge in [-0.05, 0) is 145 Å². The zero-order valence-corrected chi connectivity index (χ0v) is 26.2. The summed E-state index contributed by atoms with van der Waals surface area (Å²) < 4.78 is 0. The second-order valence-corrected chi connectivity index (χ2v) is 16.3. The highest BCUT2D eigenvalue weighted by molar-refractivity contribution is 5.91. The Balaban J connectivity index is 1.37. The van der Waals surface area contributed by atoms with Crippen LogP contribution < -0.4 is 0 Å². The molecule has 3 N–H and O–H groups in total. The predicted molar refractivity (Wildman–Crippen MR) is 164 cm³/mol. The molecule has 0 heterocycles. The van der Waals surface area contributed by atoms with Crippen LogP contribution >= 0.6 is 0 Å². The number of carboxylic acid groups (broad SMARTS) is 1. The molecule has 0 aliphatic heterocycles. The van der Waals surface area contributed by atoms with Gasteiger partial charge in [0.05, 0.1) is 0 Å². The van der Waals surface area contributed by atoms with Gasteiger partial charge in [0.15, 0.2) is 0 Å². The molecular weight excluding hydrogens is 508 g/mol. The second-order valence-electron chi connectivity index (χ2n) is 16.3. The van der Waals surface area contributed by atoms with Crippen molar-refractivity contribution in [3.63, 3.8) is 0 Å². The lowest BCUT2D eigenvalue weighted by atomic mass is 9.32. The molecule has 0 aromatic heterocycles. The predicted octanol–water partition coefficient (Wildman–Crippen LogP) is 8.73. The number of aromatic carboxylic acids is 1. The molecule has 0 spiro atoms. The molecule has 4 nitrogen and oxygen atoms in total. The van der Waals surface area contributed by atoms with E-state index in [9.17, 15) is 20.1 Å². The van der Waals surface area contributed by atoms with E-state index in [2.05, 4.69) is 54.2 Å². The van der Waals surface area contributed by atoms with Crippen molar-refractivity contribution in [2.24, 2.45) is 56.7 Å². The number of aliphatic hydroxyl groups is 1. The number of allylic oxidation sites excluding steroid dienone is 3. The molecule has 0 bridgehead atoms. The summed E-state index contributed by atoms with van der Waals surface area (Å²) in [6.45, 7) is 19.6. The Kier molecular flexibility index (Phi) is 6.52. The van der Waals surface area contributed by atoms with Crippen molar-refractivity contribution in [1.29, 1.82) is 0 Å². The van der Waals surface area contributed by atoms with Gasteiger partial charge in [-0.3, -0.25) is 0 Å². The third kappa shape index (κ3) is 3.71. The van der Waals surface area contributed by atoms with Crippen molar-refractivity contribution in [3.8, 4) is 5.75 Å². The largest absolute Gasteiger partial charge is 0.507 e. The number of hydrogen-bond acceptors (Lipinski definition) is 3. The maximum absolute atomic E-state index is 11.5. The molecule has 4 heteroatoms. The first-order valence-corrected chi connectivity index (χ1v) is 16.2. The molecule has 41 heavy (non-hydrogen) atoms. The van der Waals surface area contributed by atoms with Crippen LogP contribution in [-0.2, 0) is 0 Å². The monoisotopic (exact) mass is 560 g/mol. The standard InChI is InChI=1S/C37H52O4/c1-22(2)24-12-17-37(21-38)19-18-35(6)27(31(24)37)10-11-30-34(5)15-13-26(23-8-9-25(32(40)41)28(39)20-23)33(3,4)29(34)14-16-36(30,35)7/h8-9,13,20,24,27,29-31,38-39H,1,10-12,14-19,21H2,2-7H3,(H,40,41)/t24-,27+,29-,30+,31+,34-,35+,36+,37+/m0/s1. The van der Waals surface area contributed by atoms with Crippen molar-refractivity contribution in [2.75, 3.05) is 6.61 Å². The molecule has 5 aliphatic carbocycles. The summed E-state index contributed by atoms with van der Waals surface area (Å²) in [6.07, 6.45) is 13.1. The maximum atomic E-state index is 11.5. The smallest absolute Gasteiger partial charge is 0.339 e. The number of aromatic hydroxyl groups is 1. The van der Waals surface area contributed by atoms with Gasteiger partial charge in [-0.25, -0.2) is 4.79 Å². The molecule has 1 aromatic rings. The van der Waals surface area contributed by atoms with E-state index >= 15 is 0 Å². The Hall–Kier alpha value is -2.07. The van der Waals surface area contributed by atoms with Crippen molar-refractivity contribution in [2.45, 2.75) is 99.3 Å². The summed E-state index contributed by atoms with van der Waals surface area (Å²) in [5, 5.41) is 30.7. The molecule has 0 amide bonds. The Morgan fingerprint density at radius 1 is 0.951 bits per heavy atom. The lowest BCUT2D eigenvalue weighted by molar-refractivity contribution is -0.228. The molecule has 4 fully saturated rings. The summed E-state index contributed by atoms with van der Waals surface area (Å²) in [6, 6.07) is 5.09. The fourth-order valence-corrected chi connectivity index (χ4v) is 12.5. The third-order valence-corrected chi connectivity index (χ3v) is 14.7. The number of carbonyl (C=O) groups is 1. The van der Waals surface area contributed by atoms with Crippen LogP contribution in [0.2, 0.25) is 0 Å². The van der Waals surface area contributed by atoms with Crippen LogP contribution in [0, 0.1) is 56.7 Å². The number of hydrogen-bond donors (Lipinski definition) is 3. The summed E-state index contributed by atoms with van der Waals surface area (Å²) in [7, 11) is 0. The van der Waals surface area contributed by atoms with E-state index in [0.29, 0.717) is 36.2 Å². The van der Waals surface area contributed by atoms with Crippen LogP contribution in [0.3, 0.4) is 0 Å². The Morgan fingerprint density at radius 2 is 1.68 bits per heavy atom. The summed E-state index contributed by atoms with van der Waals surface area (Å²) in [4.78, 5) is 11.5. The van der Waals surface area contributed by atoms with E-state index in [1.54, 1.807) is 12.1 Å². The average Bonchev–Trinajstić information content (AvgIpc) is 3.29. The van der Waals surface area contributed by atoms with Crippen LogP contribution in [0.4, 0.5) is 0 Å². The van der Waals surface area contributed by atoms with Gasteiger partial charge in [0.2, 0.25) is 0 Å². The van der Waals surface area contributed by atoms with Crippen molar-refractivity contribution < 1.29 is 20.1 Å². The van der Waals surface area contributed by atoms with Crippen molar-refractivity contribution >= 4 is 11.5 Å². The Bertz CT molecular complexity index is 1310. The number of carboxylic acids is 1. The fourth-order valence-electron chi connectivity index (χ4n) is 12.5. The number of benzene rings is 1. The maximum Gasteiger partial charge on any atom is 0.339 e. The van der Waals surface area contributed by atoms with E-state index in [0.717, 1.165) is 24.8 Å². The average molecular weight is 561 g/mol. The van der Waals surface area contributed by atoms with Gasteiger partial charge in [0, 0.05) is 6.61 Å². The topological polar surface area (TPSA) is 77.8 Å². The first-order chi connectivity index (χ1) is 19.2. The molecule has 0 saturated heterocycles. The lowest BCUT2D eigenvalue weighted by Crippen LogP contribution is -2.65. The zero-order chi connectivity index (χ0) is 29.8. The van der Waals surface area contributed by atoms with Crippen LogP contribution in [0.5, 0.6) is 5.75 Å². The first-order valence-electron chi connectivity index (χ1n) is 16.2. The van der Waals surface area contributed by atoms with Gasteiger partial charge in [-0.2, -0.15) is 0 Å². The van der Waals surface area contributed by atoms with E-state index in [-0.39, 0.29) is 38.4 Å². The van der Waals surface area contributed by atoms with E-state index in [4.69, 9.17) is 0 Å². The lowest BCUT2D eigenvalue weighted by Gasteiger charge is -2.72. The minimum atomic E-state index is -1.10. The molecule has 224 valence electrons. The van der Waals surface area contributed by atoms with Crippen molar-refractivity contribution in [3.05, 3.63) is 47.6 Å². The van der Waals surface area contributed by atoms with Crippen LogP contribution in [-0.4, -0.2) is 27.9 Å². The van der Waals surface area contributed by atoms with Gasteiger partial charge < -0.3 is 15.3 Å². The van der Waals surface area contributed by atoms with Gasteiger partial charge in [-0.15, -0.1) is 0 Å². The Labute approximate surface area is 247 Å². The minimum absolute atomic E-state index is 0.0416. The number of fused-ring (bicyclic) bond motifs is 7. The number of aliphatic hydroxyl groups excluding tert-OH is 1. The molecule has 6 rings (SSSR count). The van der Waals surface area contributed by atoms with Gasteiger partial charge in [0.1, 0.15) is 11.3 Å². The zero-order valence-electron chi connectivity index (χ0n) is 26.2. The summed E-state index contributed by atoms with van der Waals surface area (Å²) in [5.41, 5.74) is 4.19. The summed E-state index contributed by atoms with van der Waals surface area (Å²) >= 11 is 0. The van der Waals surface area contributed by atoms with Crippen LogP contribution in [0.15, 0.2) is 36.4 Å². The highest BCUT2D eigenvalue weighted by Crippen LogP contribution is 2.77. The highest BCUT2D eigenvalue weighted by Gasteiger charge is 2.70. The number of rotatable bonds is 4. The molecular formula is C37H52O4. The fraction of sp³-hybridized carbons (Fsp3) is 0.703. The van der Waals surface area contributed by atoms with E-state index < -0.39 is 5.97 Å². The summed E-state index contributed by atoms with van der Waals surface area (Å²) in [5.74, 6) is 1.65.